The standard InChI is InChI=1S/C13H16ClN3O3/c1-4-20-11(18)7-17-12(8(2)14)15-9-5-6-10(19-3)16-13(9)17/h5-6,8H,4,7H2,1-3H3. The minimum Gasteiger partial charge on any atom is -0.481 e. The van der Waals surface area contributed by atoms with Crippen LogP contribution in [0.4, 0.5) is 0 Å². The molecule has 0 aliphatic heterocycles. The van der Waals surface area contributed by atoms with E-state index in [2.05, 4.69) is 9.97 Å². The van der Waals surface area contributed by atoms with E-state index in [0.29, 0.717) is 29.5 Å². The number of fused-ring (bicyclic) bond motifs is 1. The minimum atomic E-state index is -0.352. The van der Waals surface area contributed by atoms with E-state index in [0.717, 1.165) is 0 Å². The molecule has 2 aromatic heterocycles. The van der Waals surface area contributed by atoms with Crippen molar-refractivity contribution in [1.82, 2.24) is 14.5 Å². The van der Waals surface area contributed by atoms with Crippen molar-refractivity contribution < 1.29 is 14.3 Å². The van der Waals surface area contributed by atoms with Crippen LogP contribution in [0.25, 0.3) is 11.2 Å². The zero-order chi connectivity index (χ0) is 14.7. The first kappa shape index (κ1) is 14.6. The van der Waals surface area contributed by atoms with Gasteiger partial charge in [-0.1, -0.05) is 0 Å². The normalized spacial score (nSPS) is 12.4. The summed E-state index contributed by atoms with van der Waals surface area (Å²) >= 11 is 6.12. The molecule has 0 aliphatic carbocycles. The fraction of sp³-hybridized carbons (Fsp3) is 0.462. The highest BCUT2D eigenvalue weighted by Gasteiger charge is 2.19. The van der Waals surface area contributed by atoms with Gasteiger partial charge >= 0.3 is 5.97 Å². The number of imidazole rings is 1. The lowest BCUT2D eigenvalue weighted by atomic mass is 10.4. The van der Waals surface area contributed by atoms with Crippen molar-refractivity contribution in [1.29, 1.82) is 0 Å². The lowest BCUT2D eigenvalue weighted by molar-refractivity contribution is -0.143. The predicted molar refractivity (Wildman–Crippen MR) is 75.0 cm³/mol. The summed E-state index contributed by atoms with van der Waals surface area (Å²) < 4.78 is 11.7. The molecular formula is C13H16ClN3O3. The quantitative estimate of drug-likeness (QED) is 0.626. The predicted octanol–water partition coefficient (Wildman–Crippen LogP) is 2.30. The average Bonchev–Trinajstić information content (AvgIpc) is 2.77. The van der Waals surface area contributed by atoms with E-state index in [1.807, 2.05) is 0 Å². The van der Waals surface area contributed by atoms with Crippen LogP contribution >= 0.6 is 11.6 Å². The number of nitrogens with zero attached hydrogens (tertiary/aromatic N) is 3. The topological polar surface area (TPSA) is 66.2 Å². The molecule has 0 bridgehead atoms. The van der Waals surface area contributed by atoms with Gasteiger partial charge in [0, 0.05) is 6.07 Å². The van der Waals surface area contributed by atoms with E-state index in [1.54, 1.807) is 30.5 Å². The molecule has 0 amide bonds. The summed E-state index contributed by atoms with van der Waals surface area (Å²) in [7, 11) is 1.53. The number of methoxy groups -OCH3 is 1. The van der Waals surface area contributed by atoms with Gasteiger partial charge in [-0.15, -0.1) is 11.6 Å². The second kappa shape index (κ2) is 6.09. The maximum Gasteiger partial charge on any atom is 0.326 e. The first-order valence-corrected chi connectivity index (χ1v) is 6.71. The van der Waals surface area contributed by atoms with Gasteiger partial charge in [-0.25, -0.2) is 4.98 Å². The molecule has 0 spiro atoms. The Bertz CT molecular complexity index is 625. The molecule has 0 radical (unpaired) electrons. The van der Waals surface area contributed by atoms with E-state index in [1.165, 1.54) is 7.11 Å². The number of rotatable bonds is 5. The molecule has 6 nitrogen and oxygen atoms in total. The van der Waals surface area contributed by atoms with Crippen molar-refractivity contribution in [2.24, 2.45) is 0 Å². The summed E-state index contributed by atoms with van der Waals surface area (Å²) in [5.41, 5.74) is 1.22. The summed E-state index contributed by atoms with van der Waals surface area (Å²) in [4.78, 5) is 20.4. The first-order chi connectivity index (χ1) is 9.56. The summed E-state index contributed by atoms with van der Waals surface area (Å²) in [6.07, 6.45) is 0. The van der Waals surface area contributed by atoms with Crippen LogP contribution in [-0.2, 0) is 16.1 Å². The van der Waals surface area contributed by atoms with Gasteiger partial charge in [0.25, 0.3) is 0 Å². The van der Waals surface area contributed by atoms with Crippen molar-refractivity contribution in [2.75, 3.05) is 13.7 Å². The van der Waals surface area contributed by atoms with Crippen LogP contribution in [0.5, 0.6) is 5.88 Å². The fourth-order valence-electron chi connectivity index (χ4n) is 1.91. The Balaban J connectivity index is 2.51. The Morgan fingerprint density at radius 2 is 2.20 bits per heavy atom. The Morgan fingerprint density at radius 3 is 2.80 bits per heavy atom. The van der Waals surface area contributed by atoms with E-state index in [4.69, 9.17) is 21.1 Å². The molecule has 2 rings (SSSR count). The number of carbonyl (C=O) groups is 1. The van der Waals surface area contributed by atoms with E-state index in [9.17, 15) is 4.79 Å². The third-order valence-corrected chi connectivity index (χ3v) is 2.95. The Labute approximate surface area is 121 Å². The first-order valence-electron chi connectivity index (χ1n) is 6.27. The Kier molecular flexibility index (Phi) is 4.44. The van der Waals surface area contributed by atoms with Crippen molar-refractivity contribution in [3.8, 4) is 5.88 Å². The fourth-order valence-corrected chi connectivity index (χ4v) is 2.08. The second-order valence-corrected chi connectivity index (χ2v) is 4.83. The second-order valence-electron chi connectivity index (χ2n) is 4.17. The number of esters is 1. The number of hydrogen-bond donors (Lipinski definition) is 0. The minimum absolute atomic E-state index is 0.0247. The summed E-state index contributed by atoms with van der Waals surface area (Å²) in [5.74, 6) is 0.682. The summed E-state index contributed by atoms with van der Waals surface area (Å²) in [5, 5.41) is -0.343. The molecule has 2 heterocycles. The molecule has 2 aromatic rings. The third-order valence-electron chi connectivity index (χ3n) is 2.75. The van der Waals surface area contributed by atoms with E-state index in [-0.39, 0.29) is 17.9 Å². The summed E-state index contributed by atoms with van der Waals surface area (Å²) in [6.45, 7) is 3.91. The largest absolute Gasteiger partial charge is 0.481 e. The van der Waals surface area contributed by atoms with Crippen LogP contribution in [0, 0.1) is 0 Å². The van der Waals surface area contributed by atoms with Gasteiger partial charge in [0.2, 0.25) is 5.88 Å². The van der Waals surface area contributed by atoms with Gasteiger partial charge < -0.3 is 9.47 Å². The van der Waals surface area contributed by atoms with E-state index < -0.39 is 0 Å². The van der Waals surface area contributed by atoms with Crippen LogP contribution in [0.2, 0.25) is 0 Å². The highest BCUT2D eigenvalue weighted by atomic mass is 35.5. The van der Waals surface area contributed by atoms with Crippen molar-refractivity contribution in [2.45, 2.75) is 25.8 Å². The highest BCUT2D eigenvalue weighted by molar-refractivity contribution is 6.20. The van der Waals surface area contributed by atoms with Gasteiger partial charge in [-0.05, 0) is 19.9 Å². The SMILES string of the molecule is CCOC(=O)Cn1c(C(C)Cl)nc2ccc(OC)nc21. The highest BCUT2D eigenvalue weighted by Crippen LogP contribution is 2.25. The lowest BCUT2D eigenvalue weighted by Gasteiger charge is -2.09. The van der Waals surface area contributed by atoms with Crippen LogP contribution in [0.1, 0.15) is 25.0 Å². The molecule has 0 fully saturated rings. The molecular weight excluding hydrogens is 282 g/mol. The van der Waals surface area contributed by atoms with Crippen LogP contribution in [0.15, 0.2) is 12.1 Å². The molecule has 108 valence electrons. The molecule has 1 unspecified atom stereocenters. The molecule has 0 saturated heterocycles. The lowest BCUT2D eigenvalue weighted by Crippen LogP contribution is -2.16. The van der Waals surface area contributed by atoms with Crippen molar-refractivity contribution in [3.05, 3.63) is 18.0 Å². The van der Waals surface area contributed by atoms with Crippen LogP contribution < -0.4 is 4.74 Å². The zero-order valence-electron chi connectivity index (χ0n) is 11.6. The molecule has 0 N–H and O–H groups in total. The number of alkyl halides is 1. The molecule has 0 aliphatic rings. The number of aromatic nitrogens is 3. The van der Waals surface area contributed by atoms with Gasteiger partial charge in [-0.3, -0.25) is 9.36 Å². The third kappa shape index (κ3) is 2.85. The zero-order valence-corrected chi connectivity index (χ0v) is 12.3. The Hall–Kier alpha value is -1.82. The smallest absolute Gasteiger partial charge is 0.326 e. The van der Waals surface area contributed by atoms with Gasteiger partial charge in [-0.2, -0.15) is 4.98 Å². The number of halogens is 1. The van der Waals surface area contributed by atoms with Crippen LogP contribution in [0.3, 0.4) is 0 Å². The molecule has 1 atom stereocenters. The maximum atomic E-state index is 11.7. The number of hydrogen-bond acceptors (Lipinski definition) is 5. The van der Waals surface area contributed by atoms with Crippen molar-refractivity contribution >= 4 is 28.7 Å². The average molecular weight is 298 g/mol. The van der Waals surface area contributed by atoms with Crippen LogP contribution in [-0.4, -0.2) is 34.2 Å². The monoisotopic (exact) mass is 297 g/mol. The van der Waals surface area contributed by atoms with Gasteiger partial charge in [0.15, 0.2) is 5.65 Å². The molecule has 0 saturated carbocycles. The van der Waals surface area contributed by atoms with Gasteiger partial charge in [0.05, 0.1) is 19.1 Å². The number of carbonyl (C=O) groups excluding carboxylic acids is 1. The van der Waals surface area contributed by atoms with Crippen molar-refractivity contribution in [3.63, 3.8) is 0 Å². The summed E-state index contributed by atoms with van der Waals surface area (Å²) in [6, 6.07) is 3.50. The maximum absolute atomic E-state index is 11.7. The van der Waals surface area contributed by atoms with E-state index >= 15 is 0 Å². The number of ether oxygens (including phenoxy) is 2. The number of pyridine rings is 1. The molecule has 7 heteroatoms. The molecule has 20 heavy (non-hydrogen) atoms. The Morgan fingerprint density at radius 1 is 1.45 bits per heavy atom. The van der Waals surface area contributed by atoms with Gasteiger partial charge in [0.1, 0.15) is 17.9 Å². The molecule has 0 aromatic carbocycles.